The maximum Gasteiger partial charge on any atom is 0.191 e. The lowest BCUT2D eigenvalue weighted by atomic mass is 10.1. The van der Waals surface area contributed by atoms with Crippen LogP contribution in [-0.2, 0) is 6.54 Å². The molecule has 0 bridgehead atoms. The van der Waals surface area contributed by atoms with Crippen molar-refractivity contribution < 1.29 is 5.11 Å². The summed E-state index contributed by atoms with van der Waals surface area (Å²) >= 11 is 6.57. The third-order valence-electron chi connectivity index (χ3n) is 5.57. The van der Waals surface area contributed by atoms with E-state index in [1.165, 1.54) is 5.69 Å². The minimum atomic E-state index is -0.496. The van der Waals surface area contributed by atoms with E-state index in [9.17, 15) is 5.11 Å². The molecule has 0 saturated carbocycles. The first-order valence-electron chi connectivity index (χ1n) is 11.0. The Morgan fingerprint density at radius 2 is 1.78 bits per heavy atom. The van der Waals surface area contributed by atoms with Crippen molar-refractivity contribution >= 4 is 47.2 Å². The largest absolute Gasteiger partial charge is 0.388 e. The van der Waals surface area contributed by atoms with Crippen molar-refractivity contribution in [3.63, 3.8) is 0 Å². The van der Waals surface area contributed by atoms with Gasteiger partial charge in [-0.2, -0.15) is 0 Å². The van der Waals surface area contributed by atoms with Crippen LogP contribution in [0.4, 0.5) is 5.69 Å². The number of rotatable bonds is 8. The van der Waals surface area contributed by atoms with Crippen LogP contribution in [0.5, 0.6) is 0 Å². The summed E-state index contributed by atoms with van der Waals surface area (Å²) in [4.78, 5) is 9.52. The van der Waals surface area contributed by atoms with Gasteiger partial charge in [0.1, 0.15) is 0 Å². The third-order valence-corrected chi connectivity index (χ3v) is 5.93. The van der Waals surface area contributed by atoms with Crippen LogP contribution in [0.2, 0.25) is 5.02 Å². The van der Waals surface area contributed by atoms with Gasteiger partial charge in [0.15, 0.2) is 5.96 Å². The molecule has 0 aromatic heterocycles. The number of hydrogen-bond donors (Lipinski definition) is 3. The number of anilines is 1. The zero-order valence-corrected chi connectivity index (χ0v) is 22.0. The maximum absolute atomic E-state index is 10.4. The first-order chi connectivity index (χ1) is 15.1. The van der Waals surface area contributed by atoms with Crippen LogP contribution in [-0.4, -0.2) is 62.3 Å². The van der Waals surface area contributed by atoms with E-state index in [0.717, 1.165) is 54.8 Å². The molecule has 1 fully saturated rings. The number of nitrogens with one attached hydrogen (secondary N) is 2. The van der Waals surface area contributed by atoms with Gasteiger partial charge in [0.2, 0.25) is 0 Å². The zero-order valence-electron chi connectivity index (χ0n) is 18.9. The molecule has 1 aliphatic heterocycles. The second-order valence-electron chi connectivity index (χ2n) is 7.86. The molecule has 1 aliphatic rings. The number of guanidine groups is 1. The second kappa shape index (κ2) is 13.9. The van der Waals surface area contributed by atoms with Crippen molar-refractivity contribution in [1.82, 2.24) is 15.5 Å². The van der Waals surface area contributed by atoms with Gasteiger partial charge < -0.3 is 25.5 Å². The Morgan fingerprint density at radius 1 is 1.06 bits per heavy atom. The number of likely N-dealkylation sites (N-methyl/N-ethyl adjacent to an activating group) is 1. The summed E-state index contributed by atoms with van der Waals surface area (Å²) in [6.45, 7) is 7.99. The average Bonchev–Trinajstić information content (AvgIpc) is 2.79. The molecule has 0 amide bonds. The van der Waals surface area contributed by atoms with Crippen LogP contribution in [0, 0.1) is 0 Å². The number of halogens is 2. The molecule has 0 aliphatic carbocycles. The number of aliphatic hydroxyl groups is 1. The summed E-state index contributed by atoms with van der Waals surface area (Å²) in [6, 6.07) is 15.8. The van der Waals surface area contributed by atoms with Crippen molar-refractivity contribution in [2.45, 2.75) is 26.0 Å². The number of piperazine rings is 1. The van der Waals surface area contributed by atoms with E-state index in [1.54, 1.807) is 0 Å². The predicted octanol–water partition coefficient (Wildman–Crippen LogP) is 3.89. The van der Waals surface area contributed by atoms with Crippen LogP contribution >= 0.6 is 35.6 Å². The zero-order chi connectivity index (χ0) is 22.1. The number of aliphatic imine (C=N–C) groups is 1. The van der Waals surface area contributed by atoms with E-state index in [-0.39, 0.29) is 24.0 Å². The molecular formula is C24H35ClIN5O. The van der Waals surface area contributed by atoms with E-state index in [1.807, 2.05) is 49.4 Å². The highest BCUT2D eigenvalue weighted by molar-refractivity contribution is 14.0. The van der Waals surface area contributed by atoms with Crippen LogP contribution in [0.25, 0.3) is 0 Å². The molecular weight excluding hydrogens is 537 g/mol. The highest BCUT2D eigenvalue weighted by Crippen LogP contribution is 2.29. The number of nitrogens with zero attached hydrogens (tertiary/aromatic N) is 3. The second-order valence-corrected chi connectivity index (χ2v) is 8.27. The molecule has 1 saturated heterocycles. The summed E-state index contributed by atoms with van der Waals surface area (Å²) in [5.74, 6) is 0.729. The summed E-state index contributed by atoms with van der Waals surface area (Å²) in [7, 11) is 2.16. The Balaban J connectivity index is 0.00000363. The topological polar surface area (TPSA) is 63.1 Å². The molecule has 1 atom stereocenters. The van der Waals surface area contributed by atoms with E-state index in [2.05, 4.69) is 33.5 Å². The van der Waals surface area contributed by atoms with Crippen LogP contribution in [0.1, 0.15) is 30.6 Å². The average molecular weight is 572 g/mol. The van der Waals surface area contributed by atoms with Crippen molar-refractivity contribution in [3.05, 3.63) is 64.7 Å². The van der Waals surface area contributed by atoms with Gasteiger partial charge in [0.25, 0.3) is 0 Å². The minimum Gasteiger partial charge on any atom is -0.388 e. The summed E-state index contributed by atoms with van der Waals surface area (Å²) in [5.41, 5.74) is 3.15. The van der Waals surface area contributed by atoms with E-state index >= 15 is 0 Å². The number of hydrogen-bond acceptors (Lipinski definition) is 4. The van der Waals surface area contributed by atoms with Crippen molar-refractivity contribution in [2.24, 2.45) is 4.99 Å². The molecule has 176 valence electrons. The monoisotopic (exact) mass is 571 g/mol. The summed E-state index contributed by atoms with van der Waals surface area (Å²) in [6.07, 6.45) is 0.108. The first kappa shape index (κ1) is 26.7. The Hall–Kier alpha value is -1.55. The Morgan fingerprint density at radius 3 is 2.47 bits per heavy atom. The molecule has 3 N–H and O–H groups in total. The number of aliphatic hydroxyl groups excluding tert-OH is 1. The SMILES string of the molecule is CCNC(=NCc1c(Cl)cccc1N1CCN(C)CC1)NCCC(O)c1ccccc1.I. The molecule has 6 nitrogen and oxygen atoms in total. The lowest BCUT2D eigenvalue weighted by Gasteiger charge is -2.35. The Kier molecular flexibility index (Phi) is 11.6. The summed E-state index contributed by atoms with van der Waals surface area (Å²) < 4.78 is 0. The van der Waals surface area contributed by atoms with Gasteiger partial charge in [0, 0.05) is 55.5 Å². The Bertz CT molecular complexity index is 844. The maximum atomic E-state index is 10.4. The van der Waals surface area contributed by atoms with Gasteiger partial charge in [-0.1, -0.05) is 48.0 Å². The predicted molar refractivity (Wildman–Crippen MR) is 145 cm³/mol. The lowest BCUT2D eigenvalue weighted by Crippen LogP contribution is -2.44. The van der Waals surface area contributed by atoms with Gasteiger partial charge >= 0.3 is 0 Å². The van der Waals surface area contributed by atoms with Crippen LogP contribution in [0.15, 0.2) is 53.5 Å². The molecule has 2 aromatic rings. The van der Waals surface area contributed by atoms with E-state index in [4.69, 9.17) is 16.6 Å². The standard InChI is InChI=1S/C24H34ClN5O.HI/c1-3-26-24(27-13-12-23(31)19-8-5-4-6-9-19)28-18-20-21(25)10-7-11-22(20)30-16-14-29(2)15-17-30;/h4-11,23,31H,3,12-18H2,1-2H3,(H2,26,27,28);1H. The normalized spacial score (nSPS) is 15.8. The summed E-state index contributed by atoms with van der Waals surface area (Å²) in [5, 5.41) is 17.7. The Labute approximate surface area is 214 Å². The van der Waals surface area contributed by atoms with Gasteiger partial charge in [-0.05, 0) is 38.1 Å². The van der Waals surface area contributed by atoms with Crippen molar-refractivity contribution in [3.8, 4) is 0 Å². The van der Waals surface area contributed by atoms with Crippen LogP contribution in [0.3, 0.4) is 0 Å². The molecule has 1 unspecified atom stereocenters. The smallest absolute Gasteiger partial charge is 0.191 e. The highest BCUT2D eigenvalue weighted by Gasteiger charge is 2.18. The quantitative estimate of drug-likeness (QED) is 0.255. The molecule has 3 rings (SSSR count). The fraction of sp³-hybridized carbons (Fsp3) is 0.458. The number of benzene rings is 2. The third kappa shape index (κ3) is 7.79. The molecule has 2 aromatic carbocycles. The van der Waals surface area contributed by atoms with E-state index < -0.39 is 6.10 Å². The first-order valence-corrected chi connectivity index (χ1v) is 11.4. The molecule has 0 spiro atoms. The van der Waals surface area contributed by atoms with Crippen molar-refractivity contribution in [2.75, 3.05) is 51.2 Å². The van der Waals surface area contributed by atoms with Gasteiger partial charge in [-0.3, -0.25) is 0 Å². The lowest BCUT2D eigenvalue weighted by molar-refractivity contribution is 0.168. The van der Waals surface area contributed by atoms with Crippen molar-refractivity contribution in [1.29, 1.82) is 0 Å². The van der Waals surface area contributed by atoms with E-state index in [0.29, 0.717) is 19.5 Å². The van der Waals surface area contributed by atoms with Gasteiger partial charge in [-0.25, -0.2) is 4.99 Å². The molecule has 32 heavy (non-hydrogen) atoms. The van der Waals surface area contributed by atoms with Gasteiger partial charge in [0.05, 0.1) is 12.6 Å². The molecule has 1 heterocycles. The van der Waals surface area contributed by atoms with Crippen LogP contribution < -0.4 is 15.5 Å². The fourth-order valence-corrected chi connectivity index (χ4v) is 3.95. The molecule has 0 radical (unpaired) electrons. The highest BCUT2D eigenvalue weighted by atomic mass is 127. The fourth-order valence-electron chi connectivity index (χ4n) is 3.72. The molecule has 8 heteroatoms. The van der Waals surface area contributed by atoms with Gasteiger partial charge in [-0.15, -0.1) is 24.0 Å². The minimum absolute atomic E-state index is 0.